The van der Waals surface area contributed by atoms with Crippen molar-refractivity contribution in [1.82, 2.24) is 0 Å². The third-order valence-corrected chi connectivity index (χ3v) is 16.0. The third-order valence-electron chi connectivity index (χ3n) is 14.1. The molecule has 18 heteroatoms. The van der Waals surface area contributed by atoms with E-state index in [9.17, 15) is 43.5 Å². The smallest absolute Gasteiger partial charge is 0.463 e. The Kier molecular flexibility index (Phi) is 64.1. The molecule has 0 fully saturated rings. The Labute approximate surface area is 562 Å². The van der Waals surface area contributed by atoms with E-state index in [4.69, 9.17) is 32.3 Å². The van der Waals surface area contributed by atoms with E-state index in [1.165, 1.54) is 38.5 Å². The topological polar surface area (TPSA) is 231 Å². The number of ether oxygens (including phenoxy) is 3. The molecule has 0 aliphatic carbocycles. The summed E-state index contributed by atoms with van der Waals surface area (Å²) in [6.45, 7) is 2.34. The Balaban J connectivity index is 4.61. The molecule has 0 radical (unpaired) electrons. The Morgan fingerprint density at radius 1 is 0.312 bits per heavy atom. The third kappa shape index (κ3) is 68.6. The summed E-state index contributed by atoms with van der Waals surface area (Å²) < 4.78 is 60.8. The molecule has 0 rings (SSSR count). The quantitative estimate of drug-likeness (QED) is 0.0146. The number of carbonyl (C=O) groups is 3. The van der Waals surface area contributed by atoms with Gasteiger partial charge in [0.25, 0.3) is 0 Å². The molecule has 93 heavy (non-hydrogen) atoms. The number of hydrogen-bond donors (Lipinski definition) is 4. The number of phosphoric acid groups is 2. The van der Waals surface area contributed by atoms with Gasteiger partial charge >= 0.3 is 33.6 Å². The van der Waals surface area contributed by atoms with Crippen LogP contribution in [0.5, 0.6) is 0 Å². The summed E-state index contributed by atoms with van der Waals surface area (Å²) in [5.74, 6) is -1.65. The van der Waals surface area contributed by atoms with Crippen molar-refractivity contribution in [3.05, 3.63) is 146 Å². The van der Waals surface area contributed by atoms with Crippen molar-refractivity contribution in [3.63, 3.8) is 0 Å². The van der Waals surface area contributed by atoms with Gasteiger partial charge in [-0.3, -0.25) is 32.5 Å². The Hall–Kier alpha value is -4.57. The van der Waals surface area contributed by atoms with Crippen molar-refractivity contribution in [2.45, 2.75) is 270 Å². The molecule has 0 aromatic rings. The van der Waals surface area contributed by atoms with Crippen molar-refractivity contribution < 1.29 is 75.8 Å². The number of aliphatic hydroxyl groups is 2. The molecule has 0 aromatic heterocycles. The highest BCUT2D eigenvalue weighted by Crippen LogP contribution is 2.45. The number of allylic oxidation sites excluding steroid dienone is 24. The Morgan fingerprint density at radius 3 is 0.925 bits per heavy atom. The molecule has 0 aromatic carbocycles. The van der Waals surface area contributed by atoms with Crippen LogP contribution in [0.4, 0.5) is 0 Å². The second-order valence-electron chi connectivity index (χ2n) is 22.9. The Bertz CT molecular complexity index is 2280. The molecule has 16 nitrogen and oxygen atoms in total. The van der Waals surface area contributed by atoms with E-state index in [0.29, 0.717) is 19.3 Å². The van der Waals surface area contributed by atoms with Crippen molar-refractivity contribution in [2.24, 2.45) is 0 Å². The molecule has 5 atom stereocenters. The minimum atomic E-state index is -4.94. The van der Waals surface area contributed by atoms with Crippen LogP contribution < -0.4 is 0 Å². The zero-order valence-electron chi connectivity index (χ0n) is 57.4. The van der Waals surface area contributed by atoms with Crippen LogP contribution in [0.25, 0.3) is 0 Å². The summed E-state index contributed by atoms with van der Waals surface area (Å²) in [4.78, 5) is 58.3. The maximum absolute atomic E-state index is 12.9. The van der Waals surface area contributed by atoms with Gasteiger partial charge in [-0.15, -0.1) is 0 Å². The van der Waals surface area contributed by atoms with Crippen molar-refractivity contribution in [3.8, 4) is 0 Å². The molecule has 0 aliphatic rings. The van der Waals surface area contributed by atoms with E-state index in [2.05, 4.69) is 167 Å². The van der Waals surface area contributed by atoms with Crippen LogP contribution in [0.3, 0.4) is 0 Å². The fourth-order valence-electron chi connectivity index (χ4n) is 8.75. The first-order chi connectivity index (χ1) is 45.2. The van der Waals surface area contributed by atoms with Gasteiger partial charge < -0.3 is 34.2 Å². The van der Waals surface area contributed by atoms with E-state index < -0.39 is 91.5 Å². The van der Waals surface area contributed by atoms with Gasteiger partial charge in [-0.2, -0.15) is 0 Å². The SMILES string of the molecule is CC/C=C\C/C=C\C/C=C\C/C=C\C/C=C\C/C=C\CCCCCCCCC(=O)OCC(O)COP(=O)(O)OCC(O)COP(=O)(O)OCC(COC(=O)CCCC/C=C\C/C=C\C/C=C\C/C=C\C/C=C\C/C=C\CC)OC(=O)CCCCCCCCCCCCC. The Morgan fingerprint density at radius 2 is 0.570 bits per heavy atom. The van der Waals surface area contributed by atoms with Crippen LogP contribution >= 0.6 is 15.6 Å². The van der Waals surface area contributed by atoms with E-state index in [-0.39, 0.29) is 19.3 Å². The standard InChI is InChI=1S/C75H124O16P2/c1-4-7-10-13-16-19-22-24-26-28-30-32-33-34-35-37-39-40-42-44-47-49-52-55-58-61-73(78)85-64-70(76)65-87-92(81,82)88-66-71(77)67-89-93(83,84)90-69-72(91-75(80)63-60-57-54-51-46-21-18-15-12-9-6-3)68-86-74(79)62-59-56-53-50-48-45-43-41-38-36-31-29-27-25-23-20-17-14-11-8-5-2/h7-8,10-11,16-17,19-20,24-27,30-32,34-36,39-41,43,48,50,70-72,76-77H,4-6,9,12-15,18,21-23,28-29,33,37-38,42,44-47,49,51-69H2,1-3H3,(H,81,82)(H,83,84)/b10-7-,11-8-,19-16-,20-17-,26-24-,27-25-,32-30-,35-34-,36-31-,40-39-,43-41-,50-48-. The zero-order valence-corrected chi connectivity index (χ0v) is 59.2. The average molecular weight is 1340 g/mol. The van der Waals surface area contributed by atoms with Gasteiger partial charge in [0.1, 0.15) is 25.4 Å². The minimum Gasteiger partial charge on any atom is -0.463 e. The summed E-state index contributed by atoms with van der Waals surface area (Å²) in [7, 11) is -9.80. The minimum absolute atomic E-state index is 0.0924. The summed E-state index contributed by atoms with van der Waals surface area (Å²) in [6, 6.07) is 0. The first-order valence-electron chi connectivity index (χ1n) is 35.1. The molecule has 5 unspecified atom stereocenters. The number of aliphatic hydroxyl groups excluding tert-OH is 2. The average Bonchev–Trinajstić information content (AvgIpc) is 3.64. The van der Waals surface area contributed by atoms with Gasteiger partial charge in [0.2, 0.25) is 0 Å². The molecule has 0 bridgehead atoms. The first kappa shape index (κ1) is 88.4. The highest BCUT2D eigenvalue weighted by molar-refractivity contribution is 7.47. The van der Waals surface area contributed by atoms with Crippen molar-refractivity contribution in [1.29, 1.82) is 0 Å². The van der Waals surface area contributed by atoms with Crippen molar-refractivity contribution >= 4 is 33.6 Å². The van der Waals surface area contributed by atoms with Gasteiger partial charge in [-0.25, -0.2) is 9.13 Å². The summed E-state index contributed by atoms with van der Waals surface area (Å²) in [6.07, 6.45) is 80.5. The van der Waals surface area contributed by atoms with E-state index in [1.54, 1.807) is 0 Å². The maximum atomic E-state index is 12.9. The van der Waals surface area contributed by atoms with Crippen LogP contribution in [0.1, 0.15) is 252 Å². The second kappa shape index (κ2) is 67.4. The summed E-state index contributed by atoms with van der Waals surface area (Å²) in [5.41, 5.74) is 0. The summed E-state index contributed by atoms with van der Waals surface area (Å²) in [5, 5.41) is 20.6. The molecular weight excluding hydrogens is 1220 g/mol. The predicted molar refractivity (Wildman–Crippen MR) is 380 cm³/mol. The van der Waals surface area contributed by atoms with Crippen LogP contribution in [-0.4, -0.2) is 95.9 Å². The predicted octanol–water partition coefficient (Wildman–Crippen LogP) is 19.8. The first-order valence-corrected chi connectivity index (χ1v) is 38.1. The van der Waals surface area contributed by atoms with E-state index in [1.807, 2.05) is 0 Å². The van der Waals surface area contributed by atoms with Crippen molar-refractivity contribution in [2.75, 3.05) is 39.6 Å². The molecule has 0 saturated heterocycles. The van der Waals surface area contributed by atoms with Gasteiger partial charge in [0.15, 0.2) is 6.10 Å². The van der Waals surface area contributed by atoms with E-state index >= 15 is 0 Å². The number of hydrogen-bond acceptors (Lipinski definition) is 14. The van der Waals surface area contributed by atoms with Gasteiger partial charge in [-0.05, 0) is 122 Å². The molecule has 4 N–H and O–H groups in total. The van der Waals surface area contributed by atoms with Crippen LogP contribution in [0, 0.1) is 0 Å². The van der Waals surface area contributed by atoms with Crippen LogP contribution in [0.2, 0.25) is 0 Å². The van der Waals surface area contributed by atoms with Gasteiger partial charge in [0.05, 0.1) is 26.4 Å². The molecule has 0 saturated carbocycles. The lowest BCUT2D eigenvalue weighted by Gasteiger charge is -2.21. The largest absolute Gasteiger partial charge is 0.472 e. The molecule has 530 valence electrons. The number of carbonyl (C=O) groups excluding carboxylic acids is 3. The lowest BCUT2D eigenvalue weighted by atomic mass is 10.1. The molecule has 0 heterocycles. The second-order valence-corrected chi connectivity index (χ2v) is 25.8. The lowest BCUT2D eigenvalue weighted by molar-refractivity contribution is -0.161. The van der Waals surface area contributed by atoms with E-state index in [0.717, 1.165) is 154 Å². The number of rotatable bonds is 65. The summed E-state index contributed by atoms with van der Waals surface area (Å²) >= 11 is 0. The maximum Gasteiger partial charge on any atom is 0.472 e. The van der Waals surface area contributed by atoms with Gasteiger partial charge in [0, 0.05) is 19.3 Å². The monoisotopic (exact) mass is 1340 g/mol. The van der Waals surface area contributed by atoms with Gasteiger partial charge in [-0.1, -0.05) is 256 Å². The number of phosphoric ester groups is 2. The highest BCUT2D eigenvalue weighted by Gasteiger charge is 2.29. The molecule has 0 aliphatic heterocycles. The zero-order chi connectivity index (χ0) is 68.1. The molecule has 0 spiro atoms. The number of unbranched alkanes of at least 4 members (excludes halogenated alkanes) is 18. The fraction of sp³-hybridized carbons (Fsp3) is 0.640. The molecular formula is C75H124O16P2. The highest BCUT2D eigenvalue weighted by atomic mass is 31.2. The normalized spacial score (nSPS) is 15.0. The fourth-order valence-corrected chi connectivity index (χ4v) is 10.3. The van der Waals surface area contributed by atoms with Crippen LogP contribution in [0.15, 0.2) is 146 Å². The van der Waals surface area contributed by atoms with Crippen LogP contribution in [-0.2, 0) is 55.8 Å². The lowest BCUT2D eigenvalue weighted by Crippen LogP contribution is -2.30. The molecule has 0 amide bonds. The number of esters is 3.